The van der Waals surface area contributed by atoms with Gasteiger partial charge >= 0.3 is 5.97 Å². The molecular formula is C29H37ClN8O7. The third kappa shape index (κ3) is 11.7. The molecule has 242 valence electrons. The lowest BCUT2D eigenvalue weighted by Crippen LogP contribution is -2.30. The molecule has 1 atom stereocenters. The molecule has 0 aliphatic carbocycles. The van der Waals surface area contributed by atoms with Crippen molar-refractivity contribution in [3.05, 3.63) is 74.9 Å². The van der Waals surface area contributed by atoms with Crippen LogP contribution in [0, 0.1) is 10.1 Å². The molecule has 4 rings (SSSR count). The molecule has 2 aromatic heterocycles. The van der Waals surface area contributed by atoms with Crippen LogP contribution in [0.2, 0.25) is 5.02 Å². The average Bonchev–Trinajstić information content (AvgIpc) is 3.46. The smallest absolute Gasteiger partial charge is 0.303 e. The molecule has 15 nitrogen and oxygen atoms in total. The van der Waals surface area contributed by atoms with Gasteiger partial charge in [-0.1, -0.05) is 24.1 Å². The Kier molecular flexibility index (Phi) is 14.0. The molecule has 3 N–H and O–H groups in total. The second-order valence-electron chi connectivity index (χ2n) is 10.0. The summed E-state index contributed by atoms with van der Waals surface area (Å²) in [6.45, 7) is 3.73. The van der Waals surface area contributed by atoms with Gasteiger partial charge in [-0.25, -0.2) is 15.0 Å². The molecule has 0 bridgehead atoms. The fraction of sp³-hybridized carbons (Fsp3) is 0.448. The fourth-order valence-corrected chi connectivity index (χ4v) is 4.70. The Morgan fingerprint density at radius 2 is 1.96 bits per heavy atom. The number of aliphatic carboxylic acids is 1. The van der Waals surface area contributed by atoms with Crippen LogP contribution in [-0.2, 0) is 22.7 Å². The summed E-state index contributed by atoms with van der Waals surface area (Å²) in [5.41, 5.74) is 1.28. The van der Waals surface area contributed by atoms with E-state index in [1.165, 1.54) is 0 Å². The van der Waals surface area contributed by atoms with Crippen LogP contribution in [0.5, 0.6) is 5.75 Å². The number of hydrogen-bond acceptors (Lipinski definition) is 12. The number of rotatable bonds is 15. The summed E-state index contributed by atoms with van der Waals surface area (Å²) in [4.78, 5) is 56.2. The van der Waals surface area contributed by atoms with Crippen LogP contribution < -0.4 is 20.3 Å². The monoisotopic (exact) mass is 644 g/mol. The largest absolute Gasteiger partial charge is 0.495 e. The van der Waals surface area contributed by atoms with E-state index in [2.05, 4.69) is 42.2 Å². The van der Waals surface area contributed by atoms with Crippen LogP contribution in [0.4, 0.5) is 11.8 Å². The van der Waals surface area contributed by atoms with Gasteiger partial charge in [0.1, 0.15) is 23.0 Å². The van der Waals surface area contributed by atoms with Gasteiger partial charge in [0.2, 0.25) is 5.95 Å². The molecular weight excluding hydrogens is 608 g/mol. The van der Waals surface area contributed by atoms with E-state index in [0.29, 0.717) is 65.8 Å². The van der Waals surface area contributed by atoms with Crippen molar-refractivity contribution in [2.24, 2.45) is 0 Å². The van der Waals surface area contributed by atoms with E-state index in [0.717, 1.165) is 24.9 Å². The maximum absolute atomic E-state index is 12.9. The first kappa shape index (κ1) is 34.7. The van der Waals surface area contributed by atoms with E-state index in [9.17, 15) is 19.7 Å². The number of halogens is 1. The summed E-state index contributed by atoms with van der Waals surface area (Å²) in [7, 11) is 1.58. The number of carbonyl (C=O) groups excluding carboxylic acids is 1. The summed E-state index contributed by atoms with van der Waals surface area (Å²) < 4.78 is 5.22. The second-order valence-corrected chi connectivity index (χ2v) is 10.5. The van der Waals surface area contributed by atoms with Gasteiger partial charge < -0.3 is 30.2 Å². The minimum atomic E-state index is -0.850. The summed E-state index contributed by atoms with van der Waals surface area (Å²) in [5.74, 6) is 1.05. The van der Waals surface area contributed by atoms with E-state index in [1.54, 1.807) is 31.8 Å². The van der Waals surface area contributed by atoms with E-state index >= 15 is 0 Å². The van der Waals surface area contributed by atoms with Gasteiger partial charge in [0.15, 0.2) is 0 Å². The first-order valence-corrected chi connectivity index (χ1v) is 14.8. The Labute approximate surface area is 265 Å². The highest BCUT2D eigenvalue weighted by molar-refractivity contribution is 6.32. The lowest BCUT2D eigenvalue weighted by Gasteiger charge is -2.22. The number of ether oxygens (including phenoxy) is 1. The number of benzene rings is 1. The van der Waals surface area contributed by atoms with Crippen molar-refractivity contribution in [3.8, 4) is 5.75 Å². The molecule has 0 unspecified atom stereocenters. The van der Waals surface area contributed by atoms with Crippen LogP contribution in [0.3, 0.4) is 0 Å². The molecule has 1 aliphatic rings. The predicted octanol–water partition coefficient (Wildman–Crippen LogP) is 4.30. The zero-order valence-electron chi connectivity index (χ0n) is 25.1. The number of anilines is 2. The lowest BCUT2D eigenvalue weighted by molar-refractivity contribution is -0.757. The number of nitrogens with zero attached hydrogens (tertiary/aromatic N) is 6. The number of amides is 1. The highest BCUT2D eigenvalue weighted by Gasteiger charge is 2.24. The lowest BCUT2D eigenvalue weighted by atomic mass is 10.2. The normalized spacial score (nSPS) is 13.8. The van der Waals surface area contributed by atoms with Gasteiger partial charge in [0.25, 0.3) is 11.0 Å². The molecule has 16 heteroatoms. The Morgan fingerprint density at radius 1 is 1.18 bits per heavy atom. The maximum atomic E-state index is 12.9. The Bertz CT molecular complexity index is 1400. The summed E-state index contributed by atoms with van der Waals surface area (Å²) in [5, 5.41) is 23.6. The van der Waals surface area contributed by atoms with Crippen molar-refractivity contribution < 1.29 is 29.4 Å². The zero-order valence-corrected chi connectivity index (χ0v) is 25.9. The summed E-state index contributed by atoms with van der Waals surface area (Å²) in [6.07, 6.45) is 8.83. The van der Waals surface area contributed by atoms with Crippen LogP contribution in [-0.4, -0.2) is 68.3 Å². The van der Waals surface area contributed by atoms with E-state index in [4.69, 9.17) is 26.4 Å². The number of carboxylic acids is 1. The molecule has 1 aromatic carbocycles. The molecule has 45 heavy (non-hydrogen) atoms. The van der Waals surface area contributed by atoms with Gasteiger partial charge in [0, 0.05) is 44.1 Å². The minimum absolute atomic E-state index is 0.0482. The second kappa shape index (κ2) is 18.1. The predicted molar refractivity (Wildman–Crippen MR) is 166 cm³/mol. The van der Waals surface area contributed by atoms with Crippen LogP contribution in [0.25, 0.3) is 0 Å². The molecule has 3 heterocycles. The summed E-state index contributed by atoms with van der Waals surface area (Å²) >= 11 is 6.26. The quantitative estimate of drug-likeness (QED) is 0.120. The Balaban J connectivity index is 0.000000392. The maximum Gasteiger partial charge on any atom is 0.303 e. The van der Waals surface area contributed by atoms with Crippen LogP contribution in [0.15, 0.2) is 42.9 Å². The number of nitrogens with one attached hydrogen (secondary N) is 2. The molecule has 0 spiro atoms. The van der Waals surface area contributed by atoms with E-state index in [1.807, 2.05) is 18.2 Å². The molecule has 0 saturated carbocycles. The number of carbonyl (C=O) groups is 2. The molecule has 3 aromatic rings. The van der Waals surface area contributed by atoms with Gasteiger partial charge in [-0.2, -0.15) is 4.98 Å². The van der Waals surface area contributed by atoms with Crippen LogP contribution >= 0.6 is 11.6 Å². The third-order valence-corrected chi connectivity index (χ3v) is 7.06. The average molecular weight is 645 g/mol. The van der Waals surface area contributed by atoms with Crippen molar-refractivity contribution in [2.75, 3.05) is 30.5 Å². The third-order valence-electron chi connectivity index (χ3n) is 6.76. The van der Waals surface area contributed by atoms with E-state index < -0.39 is 11.1 Å². The first-order valence-electron chi connectivity index (χ1n) is 14.4. The number of carboxylic acid groups (broad SMARTS) is 1. The van der Waals surface area contributed by atoms with Crippen molar-refractivity contribution in [1.29, 1.82) is 0 Å². The molecule has 1 aliphatic heterocycles. The van der Waals surface area contributed by atoms with Gasteiger partial charge in [0.05, 0.1) is 25.3 Å². The number of hydrogen-bond donors (Lipinski definition) is 3. The van der Waals surface area contributed by atoms with Crippen molar-refractivity contribution in [2.45, 2.75) is 64.6 Å². The zero-order chi connectivity index (χ0) is 32.6. The van der Waals surface area contributed by atoms with Gasteiger partial charge in [-0.15, -0.1) is 10.1 Å². The van der Waals surface area contributed by atoms with Gasteiger partial charge in [-0.05, 0) is 56.4 Å². The number of methoxy groups -OCH3 is 1. The first-order chi connectivity index (χ1) is 21.7. The van der Waals surface area contributed by atoms with Gasteiger partial charge in [-0.3, -0.25) is 9.59 Å². The number of aromatic nitrogens is 4. The van der Waals surface area contributed by atoms with Crippen molar-refractivity contribution in [3.63, 3.8) is 0 Å². The van der Waals surface area contributed by atoms with Crippen molar-refractivity contribution >= 4 is 35.2 Å². The number of unbranched alkanes of at least 4 members (excludes halogenated alkanes) is 2. The highest BCUT2D eigenvalue weighted by Crippen LogP contribution is 2.27. The highest BCUT2D eigenvalue weighted by atomic mass is 35.5. The van der Waals surface area contributed by atoms with E-state index in [-0.39, 0.29) is 25.5 Å². The summed E-state index contributed by atoms with van der Waals surface area (Å²) in [6, 6.07) is 7.63. The molecule has 1 saturated heterocycles. The SMILES string of the molecule is COc1ccc(CNc2nc(N3CCC[C@@H]3C)ncc2C(=O)NCc2ncccn2)cc1Cl.O=C(O)CCCCCO[N+](=O)[O-]. The van der Waals surface area contributed by atoms with Crippen molar-refractivity contribution in [1.82, 2.24) is 25.3 Å². The van der Waals surface area contributed by atoms with Crippen LogP contribution in [0.1, 0.15) is 67.2 Å². The fourth-order valence-electron chi connectivity index (χ4n) is 4.42. The molecule has 1 fully saturated rings. The molecule has 1 amide bonds. The Morgan fingerprint density at radius 3 is 2.60 bits per heavy atom. The minimum Gasteiger partial charge on any atom is -0.495 e. The standard InChI is InChI=1S/C23H26ClN7O2.C6H11NO5/c1-15-5-3-10-31(15)23-29-13-17(22(32)28-14-20-25-8-4-9-26-20)21(30-23)27-12-16-6-7-19(33-2)18(24)11-16;8-6(9)4-2-1-3-5-12-7(10)11/h4,6-9,11,13,15H,3,5,10,12,14H2,1-2H3,(H,28,32)(H,27,29,30);1-5H2,(H,8,9)/t15-;/m0./s1. The Hall–Kier alpha value is -4.79. The topological polar surface area (TPSA) is 195 Å². The molecule has 0 radical (unpaired) electrons.